The van der Waals surface area contributed by atoms with E-state index in [4.69, 9.17) is 10.8 Å². The van der Waals surface area contributed by atoms with Crippen LogP contribution >= 0.6 is 12.2 Å². The van der Waals surface area contributed by atoms with Crippen LogP contribution in [0.2, 0.25) is 0 Å². The van der Waals surface area contributed by atoms with Crippen LogP contribution in [0.4, 0.5) is 0 Å². The first-order valence-corrected chi connectivity index (χ1v) is 6.45. The van der Waals surface area contributed by atoms with Gasteiger partial charge in [0.15, 0.2) is 0 Å². The fourth-order valence-corrected chi connectivity index (χ4v) is 1.83. The molecule has 0 atom stereocenters. The summed E-state index contributed by atoms with van der Waals surface area (Å²) in [4.78, 5) is 25.2. The Hall–Kier alpha value is -1.21. The zero-order valence-corrected chi connectivity index (χ0v) is 11.0. The van der Waals surface area contributed by atoms with E-state index in [1.165, 1.54) is 4.90 Å². The second-order valence-corrected chi connectivity index (χ2v) is 4.83. The molecule has 1 rings (SSSR count). The Kier molecular flexibility index (Phi) is 6.00. The molecule has 1 aliphatic rings. The second-order valence-electron chi connectivity index (χ2n) is 4.31. The van der Waals surface area contributed by atoms with Crippen molar-refractivity contribution < 1.29 is 14.7 Å². The minimum absolute atomic E-state index is 0.00497. The molecule has 0 radical (unpaired) electrons. The molecule has 0 spiro atoms. The summed E-state index contributed by atoms with van der Waals surface area (Å²) in [5.74, 6) is -1.25. The maximum Gasteiger partial charge on any atom is 0.312 e. The molecule has 0 unspecified atom stereocenters. The lowest BCUT2D eigenvalue weighted by Gasteiger charge is -2.37. The van der Waals surface area contributed by atoms with E-state index in [1.807, 2.05) is 0 Å². The Morgan fingerprint density at radius 3 is 2.56 bits per heavy atom. The first kappa shape index (κ1) is 14.8. The number of aliphatic hydroxyl groups is 1. The van der Waals surface area contributed by atoms with Gasteiger partial charge < -0.3 is 21.1 Å². The van der Waals surface area contributed by atoms with Crippen LogP contribution in [0.15, 0.2) is 0 Å². The van der Waals surface area contributed by atoms with Crippen LogP contribution in [0.1, 0.15) is 25.7 Å². The van der Waals surface area contributed by atoms with E-state index in [0.29, 0.717) is 13.0 Å². The number of hydrogen-bond donors (Lipinski definition) is 3. The van der Waals surface area contributed by atoms with Crippen LogP contribution in [0, 0.1) is 0 Å². The molecular formula is C11H19N3O3S. The van der Waals surface area contributed by atoms with Gasteiger partial charge in [0.25, 0.3) is 0 Å². The second kappa shape index (κ2) is 7.27. The predicted octanol–water partition coefficient (Wildman–Crippen LogP) is -0.848. The third-order valence-corrected chi connectivity index (χ3v) is 3.10. The van der Waals surface area contributed by atoms with E-state index in [2.05, 4.69) is 17.5 Å². The molecule has 1 saturated carbocycles. The Morgan fingerprint density at radius 2 is 2.11 bits per heavy atom. The van der Waals surface area contributed by atoms with Gasteiger partial charge in [-0.15, -0.1) is 0 Å². The van der Waals surface area contributed by atoms with Crippen molar-refractivity contribution >= 4 is 29.0 Å². The van der Waals surface area contributed by atoms with Crippen molar-refractivity contribution in [2.75, 3.05) is 19.7 Å². The maximum absolute atomic E-state index is 11.9. The lowest BCUT2D eigenvalue weighted by Crippen LogP contribution is -2.51. The van der Waals surface area contributed by atoms with Gasteiger partial charge in [0, 0.05) is 19.2 Å². The highest BCUT2D eigenvalue weighted by Crippen LogP contribution is 2.24. The normalized spacial score (nSPS) is 14.7. The van der Waals surface area contributed by atoms with E-state index in [9.17, 15) is 9.59 Å². The molecule has 0 aromatic heterocycles. The summed E-state index contributed by atoms with van der Waals surface area (Å²) in [6, 6.07) is 0.125. The fraction of sp³-hybridized carbons (Fsp3) is 0.727. The first-order valence-electron chi connectivity index (χ1n) is 6.04. The molecule has 0 saturated heterocycles. The van der Waals surface area contributed by atoms with Gasteiger partial charge >= 0.3 is 11.8 Å². The van der Waals surface area contributed by atoms with Crippen molar-refractivity contribution in [2.45, 2.75) is 31.7 Å². The number of amides is 2. The molecule has 0 heterocycles. The standard InChI is InChI=1S/C11H19N3O3S/c12-9(18)7-13-10(16)11(17)14(5-2-6-15)8-3-1-4-8/h8,15H,1-7H2,(H2,12,18)(H,13,16). The van der Waals surface area contributed by atoms with Crippen molar-refractivity contribution in [1.29, 1.82) is 0 Å². The summed E-state index contributed by atoms with van der Waals surface area (Å²) in [5.41, 5.74) is 5.25. The van der Waals surface area contributed by atoms with Gasteiger partial charge in [-0.3, -0.25) is 9.59 Å². The number of carbonyl (C=O) groups excluding carboxylic acids is 2. The number of nitrogens with two attached hydrogens (primary N) is 1. The number of nitrogens with zero attached hydrogens (tertiary/aromatic N) is 1. The summed E-state index contributed by atoms with van der Waals surface area (Å²) in [5, 5.41) is 11.2. The largest absolute Gasteiger partial charge is 0.396 e. The summed E-state index contributed by atoms with van der Waals surface area (Å²) < 4.78 is 0. The number of nitrogens with one attached hydrogen (secondary N) is 1. The summed E-state index contributed by atoms with van der Waals surface area (Å²) in [6.07, 6.45) is 3.38. The third-order valence-electron chi connectivity index (χ3n) is 2.95. The van der Waals surface area contributed by atoms with Crippen molar-refractivity contribution in [3.8, 4) is 0 Å². The van der Waals surface area contributed by atoms with Crippen molar-refractivity contribution in [3.63, 3.8) is 0 Å². The number of aliphatic hydroxyl groups excluding tert-OH is 1. The number of rotatable bonds is 6. The Bertz CT molecular complexity index is 331. The van der Waals surface area contributed by atoms with Gasteiger partial charge in [-0.25, -0.2) is 0 Å². The lowest BCUT2D eigenvalue weighted by molar-refractivity contribution is -0.148. The molecule has 18 heavy (non-hydrogen) atoms. The Balaban J connectivity index is 2.51. The minimum Gasteiger partial charge on any atom is -0.396 e. The number of carbonyl (C=O) groups is 2. The molecule has 1 aliphatic carbocycles. The van der Waals surface area contributed by atoms with Crippen molar-refractivity contribution in [2.24, 2.45) is 5.73 Å². The molecule has 0 aliphatic heterocycles. The van der Waals surface area contributed by atoms with E-state index in [0.717, 1.165) is 19.3 Å². The highest BCUT2D eigenvalue weighted by molar-refractivity contribution is 7.80. The molecule has 6 nitrogen and oxygen atoms in total. The molecule has 0 aromatic rings. The first-order chi connectivity index (χ1) is 8.56. The van der Waals surface area contributed by atoms with Crippen LogP contribution in [0.5, 0.6) is 0 Å². The Labute approximate surface area is 112 Å². The number of thiocarbonyl (C=S) groups is 1. The molecule has 0 bridgehead atoms. The molecule has 1 fully saturated rings. The SMILES string of the molecule is NC(=S)CNC(=O)C(=O)N(CCCO)C1CCC1. The van der Waals surface area contributed by atoms with Crippen LogP contribution < -0.4 is 11.1 Å². The summed E-state index contributed by atoms with van der Waals surface area (Å²) >= 11 is 4.63. The minimum atomic E-state index is -0.687. The predicted molar refractivity (Wildman–Crippen MR) is 70.8 cm³/mol. The van der Waals surface area contributed by atoms with Crippen LogP contribution in [0.3, 0.4) is 0 Å². The smallest absolute Gasteiger partial charge is 0.312 e. The van der Waals surface area contributed by atoms with Crippen LogP contribution in [-0.4, -0.2) is 52.5 Å². The fourth-order valence-electron chi connectivity index (χ4n) is 1.76. The zero-order chi connectivity index (χ0) is 13.5. The van der Waals surface area contributed by atoms with Crippen LogP contribution in [0.25, 0.3) is 0 Å². The van der Waals surface area contributed by atoms with Gasteiger partial charge in [0.2, 0.25) is 0 Å². The maximum atomic E-state index is 11.9. The molecule has 102 valence electrons. The average molecular weight is 273 g/mol. The van der Waals surface area contributed by atoms with E-state index in [1.54, 1.807) is 0 Å². The molecule has 4 N–H and O–H groups in total. The molecule has 0 aromatic carbocycles. The van der Waals surface area contributed by atoms with Gasteiger partial charge in [-0.2, -0.15) is 0 Å². The topological polar surface area (TPSA) is 95.7 Å². The zero-order valence-electron chi connectivity index (χ0n) is 10.2. The monoisotopic (exact) mass is 273 g/mol. The average Bonchev–Trinajstić information content (AvgIpc) is 2.27. The van der Waals surface area contributed by atoms with Gasteiger partial charge in [0.1, 0.15) is 0 Å². The van der Waals surface area contributed by atoms with E-state index >= 15 is 0 Å². The molecular weight excluding hydrogens is 254 g/mol. The van der Waals surface area contributed by atoms with Gasteiger partial charge in [-0.05, 0) is 25.7 Å². The Morgan fingerprint density at radius 1 is 1.44 bits per heavy atom. The quantitative estimate of drug-likeness (QED) is 0.433. The van der Waals surface area contributed by atoms with E-state index in [-0.39, 0.29) is 24.2 Å². The number of hydrogen-bond acceptors (Lipinski definition) is 4. The van der Waals surface area contributed by atoms with Gasteiger partial charge in [0.05, 0.1) is 11.5 Å². The van der Waals surface area contributed by atoms with Crippen molar-refractivity contribution in [3.05, 3.63) is 0 Å². The lowest BCUT2D eigenvalue weighted by atomic mass is 9.91. The van der Waals surface area contributed by atoms with Crippen molar-refractivity contribution in [1.82, 2.24) is 10.2 Å². The third kappa shape index (κ3) is 4.23. The highest BCUT2D eigenvalue weighted by Gasteiger charge is 2.31. The van der Waals surface area contributed by atoms with E-state index < -0.39 is 11.8 Å². The highest BCUT2D eigenvalue weighted by atomic mass is 32.1. The van der Waals surface area contributed by atoms with Gasteiger partial charge in [-0.1, -0.05) is 12.2 Å². The molecule has 2 amide bonds. The summed E-state index contributed by atoms with van der Waals surface area (Å²) in [7, 11) is 0. The van der Waals surface area contributed by atoms with Crippen LogP contribution in [-0.2, 0) is 9.59 Å². The summed E-state index contributed by atoms with van der Waals surface area (Å²) in [6.45, 7) is 0.434. The molecule has 7 heteroatoms.